The van der Waals surface area contributed by atoms with Gasteiger partial charge in [0.1, 0.15) is 5.75 Å². The average Bonchev–Trinajstić information content (AvgIpc) is 2.91. The fraction of sp³-hybridized carbons (Fsp3) is 0.500. The Balaban J connectivity index is 1.72. The first kappa shape index (κ1) is 20.6. The molecule has 27 heavy (non-hydrogen) atoms. The lowest BCUT2D eigenvalue weighted by molar-refractivity contribution is -0.137. The molecule has 0 bridgehead atoms. The number of aliphatic carboxylic acids is 1. The Bertz CT molecular complexity index is 751. The van der Waals surface area contributed by atoms with E-state index in [9.17, 15) is 14.7 Å². The van der Waals surface area contributed by atoms with E-state index in [4.69, 9.17) is 9.84 Å². The summed E-state index contributed by atoms with van der Waals surface area (Å²) in [6.07, 6.45) is 5.53. The summed E-state index contributed by atoms with van der Waals surface area (Å²) >= 11 is 0. The number of hydrogen-bond acceptors (Lipinski definition) is 4. The van der Waals surface area contributed by atoms with E-state index in [1.807, 2.05) is 30.3 Å². The monoisotopic (exact) mass is 376 g/mol. The van der Waals surface area contributed by atoms with Crippen LogP contribution in [0.4, 0.5) is 0 Å². The molecule has 1 aromatic heterocycles. The quantitative estimate of drug-likeness (QED) is 0.465. The Hall–Kier alpha value is -2.70. The summed E-state index contributed by atoms with van der Waals surface area (Å²) in [4.78, 5) is 25.0. The number of carboxylic acid groups (broad SMARTS) is 1. The van der Waals surface area contributed by atoms with Crippen molar-refractivity contribution >= 4 is 5.97 Å². The fourth-order valence-electron chi connectivity index (χ4n) is 2.98. The number of carbonyl (C=O) groups is 1. The molecule has 7 nitrogen and oxygen atoms in total. The number of para-hydroxylation sites is 1. The van der Waals surface area contributed by atoms with E-state index >= 15 is 0 Å². The van der Waals surface area contributed by atoms with E-state index < -0.39 is 5.97 Å². The van der Waals surface area contributed by atoms with Gasteiger partial charge in [0.15, 0.2) is 0 Å². The zero-order valence-electron chi connectivity index (χ0n) is 15.5. The molecule has 0 radical (unpaired) electrons. The predicted octanol–water partition coefficient (Wildman–Crippen LogP) is 3.32. The van der Waals surface area contributed by atoms with Crippen molar-refractivity contribution in [2.45, 2.75) is 57.9 Å². The van der Waals surface area contributed by atoms with Crippen LogP contribution in [0.1, 0.15) is 50.6 Å². The molecule has 0 aliphatic heterocycles. The molecule has 0 unspecified atom stereocenters. The molecule has 1 heterocycles. The zero-order chi connectivity index (χ0) is 19.5. The molecule has 0 aliphatic carbocycles. The van der Waals surface area contributed by atoms with Crippen molar-refractivity contribution in [3.63, 3.8) is 0 Å². The molecule has 0 saturated carbocycles. The van der Waals surface area contributed by atoms with Crippen molar-refractivity contribution in [2.75, 3.05) is 6.61 Å². The number of ether oxygens (including phenoxy) is 1. The fourth-order valence-corrected chi connectivity index (χ4v) is 2.98. The summed E-state index contributed by atoms with van der Waals surface area (Å²) in [5, 5.41) is 18.6. The second-order valence-corrected chi connectivity index (χ2v) is 6.55. The number of aromatic nitrogens is 2. The van der Waals surface area contributed by atoms with E-state index in [1.165, 1.54) is 0 Å². The minimum atomic E-state index is -0.775. The third-order valence-electron chi connectivity index (χ3n) is 4.41. The maximum absolute atomic E-state index is 12.0. The largest absolute Gasteiger partial charge is 0.494 e. The number of benzene rings is 1. The lowest BCUT2D eigenvalue weighted by Gasteiger charge is -2.09. The van der Waals surface area contributed by atoms with Crippen LogP contribution in [0.3, 0.4) is 0 Å². The maximum Gasteiger partial charge on any atom is 0.328 e. The van der Waals surface area contributed by atoms with E-state index in [-0.39, 0.29) is 18.0 Å². The minimum absolute atomic E-state index is 0.0638. The number of rotatable bonds is 13. The van der Waals surface area contributed by atoms with Crippen LogP contribution < -0.4 is 10.4 Å². The van der Waals surface area contributed by atoms with Crippen LogP contribution in [0, 0.1) is 0 Å². The Morgan fingerprint density at radius 2 is 1.78 bits per heavy atom. The van der Waals surface area contributed by atoms with Crippen molar-refractivity contribution in [2.24, 2.45) is 0 Å². The van der Waals surface area contributed by atoms with Gasteiger partial charge in [-0.05, 0) is 44.2 Å². The number of carboxylic acids is 1. The van der Waals surface area contributed by atoms with Gasteiger partial charge < -0.3 is 14.9 Å². The predicted molar refractivity (Wildman–Crippen MR) is 102 cm³/mol. The Labute approximate surface area is 158 Å². The number of aromatic amines is 1. The molecule has 0 spiro atoms. The summed E-state index contributed by atoms with van der Waals surface area (Å²) in [5.41, 5.74) is 0.333. The number of aromatic hydroxyl groups is 1. The van der Waals surface area contributed by atoms with Crippen LogP contribution in [0.15, 0.2) is 35.1 Å². The number of hydrogen-bond donors (Lipinski definition) is 3. The topological polar surface area (TPSA) is 105 Å². The summed E-state index contributed by atoms with van der Waals surface area (Å²) in [6.45, 7) is 1.11. The van der Waals surface area contributed by atoms with E-state index in [0.29, 0.717) is 31.7 Å². The molecule has 0 saturated heterocycles. The van der Waals surface area contributed by atoms with Crippen LogP contribution in [-0.4, -0.2) is 32.3 Å². The van der Waals surface area contributed by atoms with Crippen LogP contribution in [0.25, 0.3) is 0 Å². The van der Waals surface area contributed by atoms with Gasteiger partial charge in [-0.2, -0.15) is 0 Å². The molecule has 0 amide bonds. The van der Waals surface area contributed by atoms with Crippen LogP contribution >= 0.6 is 0 Å². The second kappa shape index (κ2) is 11.1. The molecule has 2 rings (SSSR count). The molecule has 3 N–H and O–H groups in total. The van der Waals surface area contributed by atoms with Crippen molar-refractivity contribution in [3.05, 3.63) is 46.5 Å². The molecule has 1 aromatic carbocycles. The van der Waals surface area contributed by atoms with Crippen molar-refractivity contribution in [1.82, 2.24) is 9.55 Å². The summed E-state index contributed by atoms with van der Waals surface area (Å²) < 4.78 is 7.23. The molecular weight excluding hydrogens is 348 g/mol. The SMILES string of the molecule is O=C(O)CCCCCCc1c(O)[nH]c(=O)n1CCCCOc1ccccc1. The number of nitrogens with zero attached hydrogens (tertiary/aromatic N) is 1. The normalized spacial score (nSPS) is 10.8. The number of imidazole rings is 1. The highest BCUT2D eigenvalue weighted by atomic mass is 16.5. The average molecular weight is 376 g/mol. The lowest BCUT2D eigenvalue weighted by Crippen LogP contribution is -2.19. The third-order valence-corrected chi connectivity index (χ3v) is 4.41. The van der Waals surface area contributed by atoms with Crippen LogP contribution in [0.5, 0.6) is 11.6 Å². The zero-order valence-corrected chi connectivity index (χ0v) is 15.5. The maximum atomic E-state index is 12.0. The second-order valence-electron chi connectivity index (χ2n) is 6.55. The van der Waals surface area contributed by atoms with Crippen molar-refractivity contribution in [3.8, 4) is 11.6 Å². The van der Waals surface area contributed by atoms with Gasteiger partial charge in [-0.3, -0.25) is 14.3 Å². The van der Waals surface area contributed by atoms with E-state index in [2.05, 4.69) is 4.98 Å². The lowest BCUT2D eigenvalue weighted by atomic mass is 10.1. The van der Waals surface area contributed by atoms with Crippen LogP contribution in [-0.2, 0) is 17.8 Å². The summed E-state index contributed by atoms with van der Waals surface area (Å²) in [6, 6.07) is 9.59. The third kappa shape index (κ3) is 7.21. The van der Waals surface area contributed by atoms with Gasteiger partial charge in [-0.1, -0.05) is 31.0 Å². The van der Waals surface area contributed by atoms with Crippen molar-refractivity contribution in [1.29, 1.82) is 0 Å². The molecule has 2 aromatic rings. The summed E-state index contributed by atoms with van der Waals surface area (Å²) in [5.74, 6) is -0.00743. The minimum Gasteiger partial charge on any atom is -0.494 e. The highest BCUT2D eigenvalue weighted by Gasteiger charge is 2.12. The van der Waals surface area contributed by atoms with Gasteiger partial charge >= 0.3 is 11.7 Å². The highest BCUT2D eigenvalue weighted by molar-refractivity contribution is 5.66. The molecule has 0 fully saturated rings. The number of H-pyrrole nitrogens is 1. The van der Waals surface area contributed by atoms with Crippen LogP contribution in [0.2, 0.25) is 0 Å². The van der Waals surface area contributed by atoms with E-state index in [0.717, 1.165) is 37.9 Å². The van der Waals surface area contributed by atoms with E-state index in [1.54, 1.807) is 4.57 Å². The summed E-state index contributed by atoms with van der Waals surface area (Å²) in [7, 11) is 0. The smallest absolute Gasteiger partial charge is 0.328 e. The standard InChI is InChI=1S/C20H28N2O5/c23-18(24)13-7-2-1-6-12-17-19(25)21-20(26)22(17)14-8-9-15-27-16-10-4-3-5-11-16/h3-5,10-11,25H,1-2,6-9,12-15H2,(H,21,26)(H,23,24). The first-order valence-corrected chi connectivity index (χ1v) is 9.48. The molecule has 148 valence electrons. The Morgan fingerprint density at radius 3 is 2.52 bits per heavy atom. The molecule has 7 heteroatoms. The van der Waals surface area contributed by atoms with Gasteiger partial charge in [0.2, 0.25) is 5.88 Å². The van der Waals surface area contributed by atoms with Gasteiger partial charge in [0, 0.05) is 13.0 Å². The molecule has 0 atom stereocenters. The first-order chi connectivity index (χ1) is 13.1. The van der Waals surface area contributed by atoms with Gasteiger partial charge in [-0.25, -0.2) is 4.79 Å². The molecule has 0 aliphatic rings. The highest BCUT2D eigenvalue weighted by Crippen LogP contribution is 2.17. The number of unbranched alkanes of at least 4 members (excludes halogenated alkanes) is 4. The van der Waals surface area contributed by atoms with Gasteiger partial charge in [0.25, 0.3) is 0 Å². The number of nitrogens with one attached hydrogen (secondary N) is 1. The Morgan fingerprint density at radius 1 is 1.04 bits per heavy atom. The van der Waals surface area contributed by atoms with Gasteiger partial charge in [0.05, 0.1) is 12.3 Å². The van der Waals surface area contributed by atoms with Gasteiger partial charge in [-0.15, -0.1) is 0 Å². The van der Waals surface area contributed by atoms with Crippen molar-refractivity contribution < 1.29 is 19.7 Å². The first-order valence-electron chi connectivity index (χ1n) is 9.48. The molecular formula is C20H28N2O5. The Kier molecular flexibility index (Phi) is 8.48.